The number of rotatable bonds is 5. The molecule has 1 atom stereocenters. The van der Waals surface area contributed by atoms with Crippen molar-refractivity contribution < 1.29 is 4.79 Å². The topological polar surface area (TPSA) is 95.9 Å². The number of benzene rings is 1. The summed E-state index contributed by atoms with van der Waals surface area (Å²) in [5.41, 5.74) is 5.56. The first-order valence-corrected chi connectivity index (χ1v) is 11.2. The van der Waals surface area contributed by atoms with Crippen LogP contribution >= 0.6 is 11.3 Å². The van der Waals surface area contributed by atoms with Gasteiger partial charge in [-0.25, -0.2) is 9.97 Å². The summed E-state index contributed by atoms with van der Waals surface area (Å²) in [5, 5.41) is 11.4. The summed E-state index contributed by atoms with van der Waals surface area (Å²) < 4.78 is 0. The number of nitrogens with one attached hydrogen (secondary N) is 2. The fraction of sp³-hybridized carbons (Fsp3) is 0.261. The van der Waals surface area contributed by atoms with E-state index in [1.807, 2.05) is 12.3 Å². The summed E-state index contributed by atoms with van der Waals surface area (Å²) in [6.45, 7) is 0.756. The molecular formula is C23H20N6OS. The Hall–Kier alpha value is -3.39. The van der Waals surface area contributed by atoms with Gasteiger partial charge in [0, 0.05) is 41.0 Å². The molecule has 0 amide bonds. The minimum Gasteiger partial charge on any atom is -0.340 e. The third-order valence-corrected chi connectivity index (χ3v) is 7.29. The van der Waals surface area contributed by atoms with E-state index in [0.29, 0.717) is 6.42 Å². The van der Waals surface area contributed by atoms with Crippen LogP contribution in [0, 0.1) is 5.92 Å². The van der Waals surface area contributed by atoms with Crippen molar-refractivity contribution in [3.8, 4) is 0 Å². The third-order valence-electron chi connectivity index (χ3n) is 6.12. The number of aryl methyl sites for hydroxylation is 1. The molecule has 3 aromatic heterocycles. The monoisotopic (exact) mass is 428 g/mol. The summed E-state index contributed by atoms with van der Waals surface area (Å²) in [5.74, 6) is 1.15. The molecule has 1 aromatic carbocycles. The number of thiophene rings is 1. The Morgan fingerprint density at radius 2 is 2.23 bits per heavy atom. The summed E-state index contributed by atoms with van der Waals surface area (Å²) in [6.07, 6.45) is 8.14. The minimum absolute atomic E-state index is 0.0456. The first-order chi connectivity index (χ1) is 15.2. The number of aliphatic imine (C=N–C) groups is 1. The van der Waals surface area contributed by atoms with Crippen molar-refractivity contribution in [3.63, 3.8) is 0 Å². The molecule has 2 N–H and O–H groups in total. The molecule has 0 radical (unpaired) electrons. The maximum atomic E-state index is 12.8. The lowest BCUT2D eigenvalue weighted by atomic mass is 9.84. The van der Waals surface area contributed by atoms with E-state index in [1.165, 1.54) is 16.0 Å². The molecule has 0 bridgehead atoms. The molecule has 7 nitrogen and oxygen atoms in total. The van der Waals surface area contributed by atoms with Gasteiger partial charge >= 0.3 is 0 Å². The normalized spacial score (nSPS) is 17.0. The first-order valence-electron chi connectivity index (χ1n) is 10.4. The van der Waals surface area contributed by atoms with E-state index in [9.17, 15) is 4.79 Å². The molecule has 0 saturated heterocycles. The van der Waals surface area contributed by atoms with Crippen molar-refractivity contribution >= 4 is 45.1 Å². The maximum absolute atomic E-state index is 12.8. The van der Waals surface area contributed by atoms with Crippen LogP contribution < -0.4 is 5.32 Å². The fourth-order valence-corrected chi connectivity index (χ4v) is 5.78. The zero-order valence-corrected chi connectivity index (χ0v) is 17.6. The Morgan fingerprint density at radius 1 is 1.26 bits per heavy atom. The van der Waals surface area contributed by atoms with Gasteiger partial charge in [-0.2, -0.15) is 5.10 Å². The van der Waals surface area contributed by atoms with Crippen LogP contribution in [0.4, 0.5) is 11.5 Å². The number of nitrogens with zero attached hydrogens (tertiary/aromatic N) is 4. The van der Waals surface area contributed by atoms with Crippen LogP contribution in [0.25, 0.3) is 10.2 Å². The van der Waals surface area contributed by atoms with Crippen molar-refractivity contribution in [2.45, 2.75) is 32.2 Å². The molecule has 0 fully saturated rings. The van der Waals surface area contributed by atoms with Gasteiger partial charge in [0.1, 0.15) is 22.8 Å². The van der Waals surface area contributed by atoms with Gasteiger partial charge in [-0.3, -0.25) is 14.9 Å². The van der Waals surface area contributed by atoms with Gasteiger partial charge in [0.05, 0.1) is 11.9 Å². The van der Waals surface area contributed by atoms with Crippen molar-refractivity contribution in [1.29, 1.82) is 0 Å². The van der Waals surface area contributed by atoms with Crippen LogP contribution in [0.2, 0.25) is 0 Å². The lowest BCUT2D eigenvalue weighted by molar-refractivity contribution is -0.122. The lowest BCUT2D eigenvalue weighted by Crippen LogP contribution is -2.23. The number of ketones is 1. The highest BCUT2D eigenvalue weighted by Crippen LogP contribution is 2.40. The van der Waals surface area contributed by atoms with Gasteiger partial charge in [-0.15, -0.1) is 11.3 Å². The van der Waals surface area contributed by atoms with Crippen LogP contribution in [-0.4, -0.2) is 32.2 Å². The molecule has 0 spiro atoms. The van der Waals surface area contributed by atoms with E-state index in [4.69, 9.17) is 0 Å². The van der Waals surface area contributed by atoms with Crippen molar-refractivity contribution in [3.05, 3.63) is 64.1 Å². The number of Topliss-reactive ketones (excluding diaryl/α,β-unsaturated/α-hetero) is 1. The van der Waals surface area contributed by atoms with Gasteiger partial charge in [-0.05, 0) is 54.2 Å². The highest BCUT2D eigenvalue weighted by molar-refractivity contribution is 7.19. The quantitative estimate of drug-likeness (QED) is 0.501. The maximum Gasteiger partial charge on any atom is 0.142 e. The number of carbonyl (C=O) groups is 1. The number of hydrogen-bond acceptors (Lipinski definition) is 7. The van der Waals surface area contributed by atoms with Gasteiger partial charge in [0.15, 0.2) is 0 Å². The summed E-state index contributed by atoms with van der Waals surface area (Å²) in [7, 11) is 0. The molecule has 8 heteroatoms. The number of aromatic amines is 1. The third kappa shape index (κ3) is 3.33. The molecule has 1 unspecified atom stereocenters. The van der Waals surface area contributed by atoms with E-state index in [-0.39, 0.29) is 11.7 Å². The van der Waals surface area contributed by atoms with Gasteiger partial charge in [0.25, 0.3) is 0 Å². The predicted octanol–water partition coefficient (Wildman–Crippen LogP) is 4.01. The number of fused-ring (bicyclic) bond motifs is 4. The minimum atomic E-state index is 0.0456. The lowest BCUT2D eigenvalue weighted by Gasteiger charge is -2.21. The average Bonchev–Trinajstić information content (AvgIpc) is 3.52. The Balaban J connectivity index is 1.29. The standard InChI is InChI=1S/C23H20N6OS/c30-19(9-17-5-6-27-29-17)13-2-4-18-20(8-13)31-23-21(18)22(25-12-26-23)28-16-3-1-14-10-24-11-15(14)7-16/h1,3,5-7,11-13H,2,4,8-10H2,(H,27,29)(H,25,26,28). The smallest absolute Gasteiger partial charge is 0.142 e. The second kappa shape index (κ2) is 7.39. The number of H-pyrrole nitrogens is 1. The molecule has 31 heavy (non-hydrogen) atoms. The first kappa shape index (κ1) is 18.4. The number of anilines is 2. The van der Waals surface area contributed by atoms with Gasteiger partial charge < -0.3 is 5.32 Å². The largest absolute Gasteiger partial charge is 0.340 e. The van der Waals surface area contributed by atoms with E-state index in [0.717, 1.165) is 58.8 Å². The van der Waals surface area contributed by atoms with Gasteiger partial charge in [0.2, 0.25) is 0 Å². The Kier molecular flexibility index (Phi) is 4.38. The molecule has 4 aromatic rings. The molecule has 0 saturated carbocycles. The zero-order valence-electron chi connectivity index (χ0n) is 16.8. The van der Waals surface area contributed by atoms with Crippen molar-refractivity contribution in [2.24, 2.45) is 10.9 Å². The van der Waals surface area contributed by atoms with E-state index in [2.05, 4.69) is 48.7 Å². The molecule has 2 aliphatic rings. The highest BCUT2D eigenvalue weighted by atomic mass is 32.1. The zero-order chi connectivity index (χ0) is 20.8. The van der Waals surface area contributed by atoms with Crippen LogP contribution in [-0.2, 0) is 30.6 Å². The van der Waals surface area contributed by atoms with Crippen LogP contribution in [0.15, 0.2) is 41.8 Å². The van der Waals surface area contributed by atoms with E-state index in [1.54, 1.807) is 23.9 Å². The molecule has 1 aliphatic carbocycles. The molecule has 4 heterocycles. The molecule has 6 rings (SSSR count). The summed E-state index contributed by atoms with van der Waals surface area (Å²) in [6, 6.07) is 8.17. The Bertz CT molecular complexity index is 1320. The Morgan fingerprint density at radius 3 is 3.13 bits per heavy atom. The van der Waals surface area contributed by atoms with Crippen molar-refractivity contribution in [2.75, 3.05) is 5.32 Å². The number of carbonyl (C=O) groups excluding carboxylic acids is 1. The number of aromatic nitrogens is 4. The van der Waals surface area contributed by atoms with Gasteiger partial charge in [-0.1, -0.05) is 6.07 Å². The van der Waals surface area contributed by atoms with Crippen LogP contribution in [0.1, 0.15) is 33.7 Å². The molecule has 1 aliphatic heterocycles. The average molecular weight is 429 g/mol. The fourth-order valence-electron chi connectivity index (χ4n) is 4.51. The molecule has 154 valence electrons. The predicted molar refractivity (Wildman–Crippen MR) is 121 cm³/mol. The second-order valence-corrected chi connectivity index (χ2v) is 9.16. The van der Waals surface area contributed by atoms with Crippen molar-refractivity contribution in [1.82, 2.24) is 20.2 Å². The van der Waals surface area contributed by atoms with Crippen LogP contribution in [0.5, 0.6) is 0 Å². The highest BCUT2D eigenvalue weighted by Gasteiger charge is 2.29. The second-order valence-electron chi connectivity index (χ2n) is 8.08. The molecular weight excluding hydrogens is 408 g/mol. The summed E-state index contributed by atoms with van der Waals surface area (Å²) >= 11 is 1.69. The van der Waals surface area contributed by atoms with E-state index >= 15 is 0 Å². The summed E-state index contributed by atoms with van der Waals surface area (Å²) in [4.78, 5) is 28.4. The number of hydrogen-bond donors (Lipinski definition) is 2. The Labute approximate surface area is 182 Å². The SMILES string of the molecule is O=C(Cc1ccn[nH]1)C1CCc2c(sc3ncnc(Nc4ccc5c(c4)C=NC5)c23)C1. The van der Waals surface area contributed by atoms with Crippen LogP contribution in [0.3, 0.4) is 0 Å². The van der Waals surface area contributed by atoms with E-state index < -0.39 is 0 Å².